The highest BCUT2D eigenvalue weighted by Crippen LogP contribution is 2.28. The van der Waals surface area contributed by atoms with Crippen molar-refractivity contribution >= 4 is 40.9 Å². The topological polar surface area (TPSA) is 66.2 Å². The molecule has 0 unspecified atom stereocenters. The van der Waals surface area contributed by atoms with E-state index in [0.717, 1.165) is 0 Å². The van der Waals surface area contributed by atoms with Crippen molar-refractivity contribution < 1.29 is 14.3 Å². The molecule has 2 rings (SSSR count). The maximum atomic E-state index is 11.1. The highest BCUT2D eigenvalue weighted by Gasteiger charge is 2.12. The fourth-order valence-corrected chi connectivity index (χ4v) is 2.61. The molecule has 0 aliphatic heterocycles. The fourth-order valence-electron chi connectivity index (χ4n) is 1.51. The number of benzene rings is 1. The number of hydrogen-bond acceptors (Lipinski definition) is 6. The summed E-state index contributed by atoms with van der Waals surface area (Å²) in [6.07, 6.45) is 0. The molecule has 2 aromatic rings. The molecule has 0 bridgehead atoms. The fraction of sp³-hybridized carbons (Fsp3) is 0.308. The van der Waals surface area contributed by atoms with Gasteiger partial charge in [-0.15, -0.1) is 10.2 Å². The minimum absolute atomic E-state index is 0.170. The Balaban J connectivity index is 2.00. The third kappa shape index (κ3) is 4.28. The molecule has 22 heavy (non-hydrogen) atoms. The number of esters is 1. The second-order valence-electron chi connectivity index (χ2n) is 4.19. The zero-order valence-electron chi connectivity index (χ0n) is 11.9. The number of methoxy groups -OCH3 is 1. The van der Waals surface area contributed by atoms with Gasteiger partial charge in [0.15, 0.2) is 11.0 Å². The van der Waals surface area contributed by atoms with Crippen molar-refractivity contribution in [2.45, 2.75) is 11.8 Å². The summed E-state index contributed by atoms with van der Waals surface area (Å²) in [5, 5.41) is 9.63. The number of carbonyl (C=O) groups excluding carboxylic acids is 1. The van der Waals surface area contributed by atoms with Crippen LogP contribution in [0.3, 0.4) is 0 Å². The van der Waals surface area contributed by atoms with Crippen LogP contribution < -0.4 is 4.74 Å². The first-order chi connectivity index (χ1) is 10.5. The molecule has 1 heterocycles. The zero-order chi connectivity index (χ0) is 16.1. The molecule has 9 heteroatoms. The van der Waals surface area contributed by atoms with Crippen LogP contribution in [0.2, 0.25) is 10.0 Å². The van der Waals surface area contributed by atoms with Crippen LogP contribution in [0.4, 0.5) is 0 Å². The SMILES string of the molecule is COC(=O)CSc1nnc(COc2cc(Cl)ccc2Cl)n1C. The van der Waals surface area contributed by atoms with Crippen LogP contribution in [0.15, 0.2) is 23.4 Å². The van der Waals surface area contributed by atoms with Crippen molar-refractivity contribution in [2.24, 2.45) is 7.05 Å². The Hall–Kier alpha value is -1.44. The number of rotatable bonds is 6. The van der Waals surface area contributed by atoms with E-state index in [2.05, 4.69) is 14.9 Å². The molecule has 0 fully saturated rings. The van der Waals surface area contributed by atoms with E-state index >= 15 is 0 Å². The molecule has 0 aliphatic carbocycles. The summed E-state index contributed by atoms with van der Waals surface area (Å²) in [5.74, 6) is 0.921. The molecule has 0 spiro atoms. The summed E-state index contributed by atoms with van der Waals surface area (Å²) in [7, 11) is 3.13. The molecule has 0 radical (unpaired) electrons. The van der Waals surface area contributed by atoms with Crippen molar-refractivity contribution in [3.63, 3.8) is 0 Å². The Bertz CT molecular complexity index is 679. The second-order valence-corrected chi connectivity index (χ2v) is 5.97. The molecule has 0 saturated carbocycles. The van der Waals surface area contributed by atoms with E-state index in [1.54, 1.807) is 29.8 Å². The maximum Gasteiger partial charge on any atom is 0.316 e. The van der Waals surface area contributed by atoms with Crippen molar-refractivity contribution in [1.29, 1.82) is 0 Å². The van der Waals surface area contributed by atoms with Gasteiger partial charge in [-0.1, -0.05) is 35.0 Å². The summed E-state index contributed by atoms with van der Waals surface area (Å²) in [6, 6.07) is 4.97. The molecule has 0 saturated heterocycles. The first-order valence-corrected chi connectivity index (χ1v) is 7.91. The van der Waals surface area contributed by atoms with E-state index in [-0.39, 0.29) is 18.3 Å². The lowest BCUT2D eigenvalue weighted by Gasteiger charge is -2.08. The number of halogens is 2. The van der Waals surface area contributed by atoms with E-state index in [4.69, 9.17) is 27.9 Å². The molecule has 1 aromatic heterocycles. The van der Waals surface area contributed by atoms with Gasteiger partial charge in [0.2, 0.25) is 0 Å². The molecule has 0 aliphatic rings. The van der Waals surface area contributed by atoms with Gasteiger partial charge in [-0.05, 0) is 12.1 Å². The van der Waals surface area contributed by atoms with Gasteiger partial charge >= 0.3 is 5.97 Å². The molecule has 0 amide bonds. The average molecular weight is 362 g/mol. The molecule has 6 nitrogen and oxygen atoms in total. The van der Waals surface area contributed by atoms with Crippen LogP contribution in [-0.4, -0.2) is 33.6 Å². The highest BCUT2D eigenvalue weighted by molar-refractivity contribution is 7.99. The predicted octanol–water partition coefficient (Wildman–Crippen LogP) is 2.97. The maximum absolute atomic E-state index is 11.1. The number of ether oxygens (including phenoxy) is 2. The lowest BCUT2D eigenvalue weighted by molar-refractivity contribution is -0.137. The summed E-state index contributed by atoms with van der Waals surface area (Å²) in [5.41, 5.74) is 0. The number of hydrogen-bond donors (Lipinski definition) is 0. The summed E-state index contributed by atoms with van der Waals surface area (Å²) < 4.78 is 11.9. The molecular weight excluding hydrogens is 349 g/mol. The first-order valence-electron chi connectivity index (χ1n) is 6.17. The summed E-state index contributed by atoms with van der Waals surface area (Å²) >= 11 is 13.2. The summed E-state index contributed by atoms with van der Waals surface area (Å²) in [4.78, 5) is 11.1. The average Bonchev–Trinajstić information content (AvgIpc) is 2.86. The molecule has 118 valence electrons. The molecular formula is C13H13Cl2N3O3S. The van der Waals surface area contributed by atoms with Crippen LogP contribution in [0, 0.1) is 0 Å². The quantitative estimate of drug-likeness (QED) is 0.582. The first kappa shape index (κ1) is 16.9. The van der Waals surface area contributed by atoms with Gasteiger partial charge in [-0.2, -0.15) is 0 Å². The standard InChI is InChI=1S/C13H13Cl2N3O3S/c1-18-11(16-17-13(18)22-7-12(19)20-2)6-21-10-5-8(14)3-4-9(10)15/h3-5H,6-7H2,1-2H3. The van der Waals surface area contributed by atoms with Gasteiger partial charge in [0.05, 0.1) is 17.9 Å². The normalized spacial score (nSPS) is 10.5. The van der Waals surface area contributed by atoms with E-state index in [0.29, 0.717) is 26.8 Å². The van der Waals surface area contributed by atoms with Gasteiger partial charge < -0.3 is 14.0 Å². The van der Waals surface area contributed by atoms with E-state index < -0.39 is 0 Å². The Morgan fingerprint density at radius 1 is 1.36 bits per heavy atom. The third-order valence-corrected chi connectivity index (χ3v) is 4.26. The highest BCUT2D eigenvalue weighted by atomic mass is 35.5. The number of carbonyl (C=O) groups is 1. The van der Waals surface area contributed by atoms with Crippen LogP contribution in [0.25, 0.3) is 0 Å². The van der Waals surface area contributed by atoms with E-state index in [1.165, 1.54) is 18.9 Å². The van der Waals surface area contributed by atoms with Crippen molar-refractivity contribution in [3.8, 4) is 5.75 Å². The van der Waals surface area contributed by atoms with Gasteiger partial charge in [0.1, 0.15) is 12.4 Å². The second kappa shape index (κ2) is 7.71. The largest absolute Gasteiger partial charge is 0.484 e. The molecule has 1 aromatic carbocycles. The third-order valence-electron chi connectivity index (χ3n) is 2.72. The van der Waals surface area contributed by atoms with Gasteiger partial charge in [0.25, 0.3) is 0 Å². The van der Waals surface area contributed by atoms with Crippen LogP contribution in [0.1, 0.15) is 5.82 Å². The van der Waals surface area contributed by atoms with Gasteiger partial charge in [-0.25, -0.2) is 0 Å². The smallest absolute Gasteiger partial charge is 0.316 e. The van der Waals surface area contributed by atoms with Crippen LogP contribution in [-0.2, 0) is 23.2 Å². The zero-order valence-corrected chi connectivity index (χ0v) is 14.2. The molecule has 0 N–H and O–H groups in total. The Morgan fingerprint density at radius 2 is 2.14 bits per heavy atom. The number of thioether (sulfide) groups is 1. The Labute approximate surface area is 141 Å². The lowest BCUT2D eigenvalue weighted by atomic mass is 10.3. The summed E-state index contributed by atoms with van der Waals surface area (Å²) in [6.45, 7) is 0.183. The predicted molar refractivity (Wildman–Crippen MR) is 84.5 cm³/mol. The van der Waals surface area contributed by atoms with E-state index in [1.807, 2.05) is 0 Å². The van der Waals surface area contributed by atoms with Crippen molar-refractivity contribution in [1.82, 2.24) is 14.8 Å². The molecule has 0 atom stereocenters. The van der Waals surface area contributed by atoms with Crippen LogP contribution >= 0.6 is 35.0 Å². The minimum atomic E-state index is -0.323. The number of aromatic nitrogens is 3. The van der Waals surface area contributed by atoms with E-state index in [9.17, 15) is 4.79 Å². The Morgan fingerprint density at radius 3 is 2.86 bits per heavy atom. The van der Waals surface area contributed by atoms with Crippen LogP contribution in [0.5, 0.6) is 5.75 Å². The van der Waals surface area contributed by atoms with Gasteiger partial charge in [0, 0.05) is 18.1 Å². The van der Waals surface area contributed by atoms with Crippen molar-refractivity contribution in [3.05, 3.63) is 34.1 Å². The van der Waals surface area contributed by atoms with Crippen molar-refractivity contribution in [2.75, 3.05) is 12.9 Å². The van der Waals surface area contributed by atoms with Gasteiger partial charge in [-0.3, -0.25) is 4.79 Å². The lowest BCUT2D eigenvalue weighted by Crippen LogP contribution is -2.06. The minimum Gasteiger partial charge on any atom is -0.484 e. The Kier molecular flexibility index (Phi) is 5.93. The number of nitrogens with zero attached hydrogens (tertiary/aromatic N) is 3. The monoisotopic (exact) mass is 361 g/mol.